The van der Waals surface area contributed by atoms with E-state index in [1.54, 1.807) is 41.0 Å². The van der Waals surface area contributed by atoms with Crippen LogP contribution < -0.4 is 16.2 Å². The lowest BCUT2D eigenvalue weighted by Gasteiger charge is -2.17. The van der Waals surface area contributed by atoms with Gasteiger partial charge < -0.3 is 20.3 Å². The second-order valence-electron chi connectivity index (χ2n) is 9.66. The number of carbonyl (C=O) groups is 1. The molecule has 1 aliphatic rings. The van der Waals surface area contributed by atoms with Crippen LogP contribution in [0.3, 0.4) is 0 Å². The van der Waals surface area contributed by atoms with Crippen LogP contribution >= 0.6 is 11.6 Å². The Bertz CT molecular complexity index is 1510. The predicted octanol–water partition coefficient (Wildman–Crippen LogP) is 3.73. The Hall–Kier alpha value is -3.89. The highest BCUT2D eigenvalue weighted by atomic mass is 35.5. The summed E-state index contributed by atoms with van der Waals surface area (Å²) in [6, 6.07) is 14.0. The average Bonchev–Trinajstić information content (AvgIpc) is 3.47. The van der Waals surface area contributed by atoms with Gasteiger partial charge in [-0.25, -0.2) is 14.8 Å². The van der Waals surface area contributed by atoms with Crippen molar-refractivity contribution in [2.24, 2.45) is 0 Å². The molecule has 1 aliphatic heterocycles. The average molecular weight is 536 g/mol. The molecule has 38 heavy (non-hydrogen) atoms. The van der Waals surface area contributed by atoms with Gasteiger partial charge >= 0.3 is 5.69 Å². The standard InChI is InChI=1S/C27H30ClN7O3/c1-32(2)13-4-7-23(36)33-14-12-20(16-33)35-26-24(25(29)30-17-31-26)34(27(35)37)19-8-10-21(11-9-19)38-22-6-3-5-18(28)15-22/h3,5-6,8-11,15,17,20H,4,7,12-14,16H2,1-2H3,(H2,29,30,31)/t20-/m1/s1. The zero-order valence-corrected chi connectivity index (χ0v) is 22.1. The molecule has 0 saturated carbocycles. The first-order chi connectivity index (χ1) is 18.3. The number of nitrogen functional groups attached to an aromatic ring is 1. The minimum Gasteiger partial charge on any atom is -0.457 e. The zero-order chi connectivity index (χ0) is 26.8. The van der Waals surface area contributed by atoms with E-state index >= 15 is 0 Å². The predicted molar refractivity (Wildman–Crippen MR) is 147 cm³/mol. The molecule has 0 unspecified atom stereocenters. The summed E-state index contributed by atoms with van der Waals surface area (Å²) in [6.45, 7) is 1.91. The van der Waals surface area contributed by atoms with E-state index in [0.29, 0.717) is 59.3 Å². The number of nitrogens with zero attached hydrogens (tertiary/aromatic N) is 6. The fourth-order valence-corrected chi connectivity index (χ4v) is 5.03. The van der Waals surface area contributed by atoms with Crippen LogP contribution in [0.5, 0.6) is 11.5 Å². The molecule has 2 aromatic carbocycles. The van der Waals surface area contributed by atoms with Gasteiger partial charge in [0.2, 0.25) is 5.91 Å². The molecule has 0 radical (unpaired) electrons. The monoisotopic (exact) mass is 535 g/mol. The van der Waals surface area contributed by atoms with E-state index < -0.39 is 0 Å². The second kappa shape index (κ2) is 10.8. The first-order valence-electron chi connectivity index (χ1n) is 12.5. The molecular weight excluding hydrogens is 506 g/mol. The molecule has 0 aliphatic carbocycles. The highest BCUT2D eigenvalue weighted by Crippen LogP contribution is 2.29. The topological polar surface area (TPSA) is 112 Å². The summed E-state index contributed by atoms with van der Waals surface area (Å²) in [5.41, 5.74) is 7.47. The third-order valence-corrected chi connectivity index (χ3v) is 6.92. The van der Waals surface area contributed by atoms with Gasteiger partial charge in [-0.1, -0.05) is 17.7 Å². The normalized spacial score (nSPS) is 15.5. The molecule has 3 heterocycles. The minimum absolute atomic E-state index is 0.107. The lowest BCUT2D eigenvalue weighted by Crippen LogP contribution is -2.32. The van der Waals surface area contributed by atoms with Crippen molar-refractivity contribution in [3.05, 3.63) is 70.4 Å². The summed E-state index contributed by atoms with van der Waals surface area (Å²) in [6.07, 6.45) is 3.31. The zero-order valence-electron chi connectivity index (χ0n) is 21.4. The molecule has 0 bridgehead atoms. The van der Waals surface area contributed by atoms with Crippen LogP contribution in [0.1, 0.15) is 25.3 Å². The van der Waals surface area contributed by atoms with E-state index in [9.17, 15) is 9.59 Å². The lowest BCUT2D eigenvalue weighted by molar-refractivity contribution is -0.130. The molecule has 2 N–H and O–H groups in total. The van der Waals surface area contributed by atoms with Gasteiger partial charge in [0, 0.05) is 24.5 Å². The highest BCUT2D eigenvalue weighted by Gasteiger charge is 2.31. The first-order valence-corrected chi connectivity index (χ1v) is 12.9. The summed E-state index contributed by atoms with van der Waals surface area (Å²) >= 11 is 6.05. The molecular formula is C27H30ClN7O3. The van der Waals surface area contributed by atoms with Crippen molar-refractivity contribution < 1.29 is 9.53 Å². The van der Waals surface area contributed by atoms with E-state index in [4.69, 9.17) is 22.1 Å². The Morgan fingerprint density at radius 3 is 2.68 bits per heavy atom. The molecule has 198 valence electrons. The summed E-state index contributed by atoms with van der Waals surface area (Å²) in [5.74, 6) is 1.52. The first kappa shape index (κ1) is 25.7. The molecule has 1 fully saturated rings. The molecule has 0 spiro atoms. The molecule has 10 nitrogen and oxygen atoms in total. The molecule has 1 amide bonds. The van der Waals surface area contributed by atoms with Gasteiger partial charge in [0.25, 0.3) is 0 Å². The largest absolute Gasteiger partial charge is 0.457 e. The maximum atomic E-state index is 13.8. The SMILES string of the molecule is CN(C)CCCC(=O)N1CC[C@@H](n2c(=O)n(-c3ccc(Oc4cccc(Cl)c4)cc3)c3c(N)ncnc32)C1. The van der Waals surface area contributed by atoms with Crippen molar-refractivity contribution in [2.75, 3.05) is 39.5 Å². The number of carbonyl (C=O) groups excluding carboxylic acids is 1. The van der Waals surface area contributed by atoms with E-state index in [-0.39, 0.29) is 23.5 Å². The number of halogens is 1. The molecule has 5 rings (SSSR count). The van der Waals surface area contributed by atoms with Gasteiger partial charge in [0.05, 0.1) is 11.7 Å². The van der Waals surface area contributed by atoms with Gasteiger partial charge in [-0.2, -0.15) is 0 Å². The summed E-state index contributed by atoms with van der Waals surface area (Å²) in [7, 11) is 3.98. The van der Waals surface area contributed by atoms with Crippen LogP contribution in [-0.4, -0.2) is 68.5 Å². The van der Waals surface area contributed by atoms with E-state index in [2.05, 4.69) is 14.9 Å². The van der Waals surface area contributed by atoms with Crippen LogP contribution in [0.25, 0.3) is 16.9 Å². The fourth-order valence-electron chi connectivity index (χ4n) is 4.85. The Morgan fingerprint density at radius 2 is 1.95 bits per heavy atom. The van der Waals surface area contributed by atoms with Crippen LogP contribution in [0.2, 0.25) is 5.02 Å². The van der Waals surface area contributed by atoms with Crippen LogP contribution in [0.15, 0.2) is 59.7 Å². The van der Waals surface area contributed by atoms with E-state index in [1.807, 2.05) is 31.1 Å². The Morgan fingerprint density at radius 1 is 1.16 bits per heavy atom. The maximum Gasteiger partial charge on any atom is 0.335 e. The van der Waals surface area contributed by atoms with Gasteiger partial charge in [-0.3, -0.25) is 13.9 Å². The number of rotatable bonds is 8. The maximum absolute atomic E-state index is 13.8. The Labute approximate surface area is 225 Å². The van der Waals surface area contributed by atoms with Crippen molar-refractivity contribution in [3.63, 3.8) is 0 Å². The third-order valence-electron chi connectivity index (χ3n) is 6.68. The minimum atomic E-state index is -0.275. The number of hydrogen-bond acceptors (Lipinski definition) is 7. The number of anilines is 1. The number of hydrogen-bond donors (Lipinski definition) is 1. The molecule has 2 aromatic heterocycles. The van der Waals surface area contributed by atoms with Crippen molar-refractivity contribution in [1.29, 1.82) is 0 Å². The van der Waals surface area contributed by atoms with Crippen LogP contribution in [0, 0.1) is 0 Å². The number of likely N-dealkylation sites (tertiary alicyclic amines) is 1. The number of fused-ring (bicyclic) bond motifs is 1. The Kier molecular flexibility index (Phi) is 7.35. The number of aromatic nitrogens is 4. The number of nitrogens with two attached hydrogens (primary N) is 1. The Balaban J connectivity index is 1.43. The lowest BCUT2D eigenvalue weighted by atomic mass is 10.2. The fraction of sp³-hybridized carbons (Fsp3) is 0.333. The quantitative estimate of drug-likeness (QED) is 0.366. The van der Waals surface area contributed by atoms with Gasteiger partial charge in [-0.05, 0) is 75.9 Å². The third kappa shape index (κ3) is 5.23. The molecule has 11 heteroatoms. The molecule has 1 saturated heterocycles. The number of ether oxygens (including phenoxy) is 1. The van der Waals surface area contributed by atoms with Crippen LogP contribution in [0.4, 0.5) is 5.82 Å². The van der Waals surface area contributed by atoms with Crippen LogP contribution in [-0.2, 0) is 4.79 Å². The van der Waals surface area contributed by atoms with Gasteiger partial charge in [0.1, 0.15) is 23.3 Å². The number of amides is 1. The summed E-state index contributed by atoms with van der Waals surface area (Å²) < 4.78 is 9.06. The van der Waals surface area contributed by atoms with E-state index in [1.165, 1.54) is 10.9 Å². The van der Waals surface area contributed by atoms with Crippen molar-refractivity contribution in [3.8, 4) is 17.2 Å². The smallest absolute Gasteiger partial charge is 0.335 e. The summed E-state index contributed by atoms with van der Waals surface area (Å²) in [5, 5.41) is 0.578. The van der Waals surface area contributed by atoms with Gasteiger partial charge in [0.15, 0.2) is 11.5 Å². The number of benzene rings is 2. The van der Waals surface area contributed by atoms with E-state index in [0.717, 1.165) is 13.0 Å². The molecule has 1 atom stereocenters. The summed E-state index contributed by atoms with van der Waals surface area (Å²) in [4.78, 5) is 39.0. The van der Waals surface area contributed by atoms with Crippen molar-refractivity contribution in [2.45, 2.75) is 25.3 Å². The van der Waals surface area contributed by atoms with Crippen molar-refractivity contribution >= 4 is 34.5 Å². The van der Waals surface area contributed by atoms with Gasteiger partial charge in [-0.15, -0.1) is 0 Å². The highest BCUT2D eigenvalue weighted by molar-refractivity contribution is 6.30. The second-order valence-corrected chi connectivity index (χ2v) is 10.1. The van der Waals surface area contributed by atoms with Crippen molar-refractivity contribution in [1.82, 2.24) is 28.9 Å². The number of imidazole rings is 1. The molecule has 4 aromatic rings.